The molecule has 0 fully saturated rings. The van der Waals surface area contributed by atoms with Gasteiger partial charge in [-0.05, 0) is 53.3 Å². The first-order valence-corrected chi connectivity index (χ1v) is 5.79. The maximum absolute atomic E-state index is 11.3. The van der Waals surface area contributed by atoms with Gasteiger partial charge in [0, 0.05) is 3.57 Å². The second-order valence-corrected chi connectivity index (χ2v) is 4.19. The summed E-state index contributed by atoms with van der Waals surface area (Å²) in [6.45, 7) is 1.97. The Morgan fingerprint density at radius 1 is 1.62 bits per heavy atom. The van der Waals surface area contributed by atoms with Crippen LogP contribution in [-0.2, 0) is 9.53 Å². The molecular weight excluding hydrogens is 317 g/mol. The van der Waals surface area contributed by atoms with Crippen molar-refractivity contribution in [3.8, 4) is 6.07 Å². The summed E-state index contributed by atoms with van der Waals surface area (Å²) in [4.78, 5) is 11.3. The van der Waals surface area contributed by atoms with Gasteiger partial charge in [0.15, 0.2) is 0 Å². The molecule has 0 spiro atoms. The first kappa shape index (κ1) is 12.7. The van der Waals surface area contributed by atoms with Crippen molar-refractivity contribution in [2.24, 2.45) is 0 Å². The molecule has 0 aromatic heterocycles. The summed E-state index contributed by atoms with van der Waals surface area (Å²) in [5, 5.41) is 8.83. The topological polar surface area (TPSA) is 50.1 Å². The first-order valence-electron chi connectivity index (χ1n) is 4.72. The molecule has 0 unspecified atom stereocenters. The van der Waals surface area contributed by atoms with Gasteiger partial charge < -0.3 is 4.74 Å². The summed E-state index contributed by atoms with van der Waals surface area (Å²) in [6, 6.07) is 9.36. The van der Waals surface area contributed by atoms with Crippen LogP contribution in [0.1, 0.15) is 12.5 Å². The van der Waals surface area contributed by atoms with Crippen LogP contribution < -0.4 is 0 Å². The Hall–Kier alpha value is -1.35. The Labute approximate surface area is 108 Å². The number of halogens is 1. The highest BCUT2D eigenvalue weighted by Gasteiger charge is 2.09. The number of nitriles is 1. The number of hydrogen-bond donors (Lipinski definition) is 0. The van der Waals surface area contributed by atoms with E-state index in [2.05, 4.69) is 22.6 Å². The molecule has 1 aromatic carbocycles. The molecule has 4 heteroatoms. The number of carbonyl (C=O) groups is 1. The van der Waals surface area contributed by atoms with Gasteiger partial charge in [0.2, 0.25) is 0 Å². The van der Waals surface area contributed by atoms with E-state index >= 15 is 0 Å². The molecule has 0 N–H and O–H groups in total. The summed E-state index contributed by atoms with van der Waals surface area (Å²) < 4.78 is 5.81. The zero-order valence-electron chi connectivity index (χ0n) is 8.74. The lowest BCUT2D eigenvalue weighted by molar-refractivity contribution is -0.137. The zero-order valence-corrected chi connectivity index (χ0v) is 10.9. The van der Waals surface area contributed by atoms with Gasteiger partial charge in [0.25, 0.3) is 0 Å². The van der Waals surface area contributed by atoms with Gasteiger partial charge in [-0.25, -0.2) is 4.79 Å². The van der Waals surface area contributed by atoms with Crippen molar-refractivity contribution in [2.75, 3.05) is 6.61 Å². The van der Waals surface area contributed by atoms with E-state index in [1.165, 1.54) is 6.08 Å². The van der Waals surface area contributed by atoms with E-state index in [-0.39, 0.29) is 12.2 Å². The van der Waals surface area contributed by atoms with E-state index in [0.717, 1.165) is 9.13 Å². The maximum Gasteiger partial charge on any atom is 0.348 e. The highest BCUT2D eigenvalue weighted by atomic mass is 127. The van der Waals surface area contributed by atoms with Gasteiger partial charge >= 0.3 is 5.97 Å². The molecule has 82 valence electrons. The lowest BCUT2D eigenvalue weighted by Crippen LogP contribution is -2.05. The van der Waals surface area contributed by atoms with Crippen LogP contribution >= 0.6 is 22.6 Å². The Morgan fingerprint density at radius 2 is 2.38 bits per heavy atom. The molecule has 0 heterocycles. The number of rotatable bonds is 3. The van der Waals surface area contributed by atoms with Gasteiger partial charge in [-0.1, -0.05) is 12.1 Å². The van der Waals surface area contributed by atoms with Crippen LogP contribution in [0, 0.1) is 14.9 Å². The lowest BCUT2D eigenvalue weighted by Gasteiger charge is -2.00. The third-order valence-electron chi connectivity index (χ3n) is 1.78. The average molecular weight is 327 g/mol. The van der Waals surface area contributed by atoms with Crippen molar-refractivity contribution in [3.05, 3.63) is 39.0 Å². The van der Waals surface area contributed by atoms with Crippen molar-refractivity contribution in [3.63, 3.8) is 0 Å². The van der Waals surface area contributed by atoms with Gasteiger partial charge in [-0.2, -0.15) is 5.26 Å². The predicted octanol–water partition coefficient (Wildman–Crippen LogP) is 2.76. The van der Waals surface area contributed by atoms with E-state index in [1.807, 2.05) is 30.3 Å². The summed E-state index contributed by atoms with van der Waals surface area (Å²) in [5.41, 5.74) is 0.834. The fourth-order valence-electron chi connectivity index (χ4n) is 1.11. The number of esters is 1. The van der Waals surface area contributed by atoms with Crippen LogP contribution in [0.2, 0.25) is 0 Å². The van der Waals surface area contributed by atoms with Crippen molar-refractivity contribution in [2.45, 2.75) is 6.92 Å². The molecular formula is C12H10INO2. The Balaban J connectivity index is 2.97. The normalized spacial score (nSPS) is 10.7. The van der Waals surface area contributed by atoms with Gasteiger partial charge in [-0.15, -0.1) is 0 Å². The maximum atomic E-state index is 11.3. The molecule has 1 rings (SSSR count). The molecule has 0 aliphatic rings. The van der Waals surface area contributed by atoms with Crippen LogP contribution in [0.15, 0.2) is 29.8 Å². The molecule has 0 saturated carbocycles. The number of ether oxygens (including phenoxy) is 1. The van der Waals surface area contributed by atoms with Gasteiger partial charge in [0.05, 0.1) is 6.61 Å². The molecule has 0 amide bonds. The first-order chi connectivity index (χ1) is 7.67. The zero-order chi connectivity index (χ0) is 12.0. The SMILES string of the molecule is CCOC(=O)C(C#N)=Cc1cccc(I)c1. The van der Waals surface area contributed by atoms with Gasteiger partial charge in [-0.3, -0.25) is 0 Å². The molecule has 0 aliphatic carbocycles. The average Bonchev–Trinajstić information content (AvgIpc) is 2.26. The molecule has 3 nitrogen and oxygen atoms in total. The molecule has 0 bridgehead atoms. The van der Waals surface area contributed by atoms with E-state index in [9.17, 15) is 4.79 Å². The van der Waals surface area contributed by atoms with Crippen molar-refractivity contribution >= 4 is 34.6 Å². The minimum absolute atomic E-state index is 0.0175. The minimum atomic E-state index is -0.580. The lowest BCUT2D eigenvalue weighted by atomic mass is 10.1. The Bertz CT molecular complexity index is 460. The van der Waals surface area contributed by atoms with E-state index < -0.39 is 5.97 Å². The third kappa shape index (κ3) is 3.66. The van der Waals surface area contributed by atoms with E-state index in [4.69, 9.17) is 10.00 Å². The Kier molecular flexibility index (Phi) is 4.99. The highest BCUT2D eigenvalue weighted by Crippen LogP contribution is 2.12. The number of hydrogen-bond acceptors (Lipinski definition) is 3. The molecule has 16 heavy (non-hydrogen) atoms. The van der Waals surface area contributed by atoms with Crippen LogP contribution in [-0.4, -0.2) is 12.6 Å². The van der Waals surface area contributed by atoms with Crippen molar-refractivity contribution in [1.29, 1.82) is 5.26 Å². The summed E-state index contributed by atoms with van der Waals surface area (Å²) in [5.74, 6) is -0.580. The molecule has 0 radical (unpaired) electrons. The quantitative estimate of drug-likeness (QED) is 0.371. The summed E-state index contributed by atoms with van der Waals surface area (Å²) >= 11 is 2.17. The molecule has 0 aliphatic heterocycles. The fraction of sp³-hybridized carbons (Fsp3) is 0.167. The second kappa shape index (κ2) is 6.28. The van der Waals surface area contributed by atoms with Crippen molar-refractivity contribution < 1.29 is 9.53 Å². The van der Waals surface area contributed by atoms with Crippen molar-refractivity contribution in [1.82, 2.24) is 0 Å². The largest absolute Gasteiger partial charge is 0.462 e. The van der Waals surface area contributed by atoms with Crippen LogP contribution in [0.5, 0.6) is 0 Å². The summed E-state index contributed by atoms with van der Waals surface area (Å²) in [6.07, 6.45) is 1.53. The number of carbonyl (C=O) groups excluding carboxylic acids is 1. The third-order valence-corrected chi connectivity index (χ3v) is 2.45. The molecule has 0 atom stereocenters. The number of benzene rings is 1. The highest BCUT2D eigenvalue weighted by molar-refractivity contribution is 14.1. The number of nitrogens with zero attached hydrogens (tertiary/aromatic N) is 1. The standard InChI is InChI=1S/C12H10INO2/c1-2-16-12(15)10(8-14)6-9-4-3-5-11(13)7-9/h3-7H,2H2,1H3. The smallest absolute Gasteiger partial charge is 0.348 e. The monoisotopic (exact) mass is 327 g/mol. The predicted molar refractivity (Wildman–Crippen MR) is 69.4 cm³/mol. The minimum Gasteiger partial charge on any atom is -0.462 e. The van der Waals surface area contributed by atoms with Crippen LogP contribution in [0.4, 0.5) is 0 Å². The van der Waals surface area contributed by atoms with E-state index in [1.54, 1.807) is 6.92 Å². The Morgan fingerprint density at radius 3 is 2.94 bits per heavy atom. The van der Waals surface area contributed by atoms with Gasteiger partial charge in [0.1, 0.15) is 11.6 Å². The summed E-state index contributed by atoms with van der Waals surface area (Å²) in [7, 11) is 0. The van der Waals surface area contributed by atoms with Crippen LogP contribution in [0.25, 0.3) is 6.08 Å². The van der Waals surface area contributed by atoms with Crippen LogP contribution in [0.3, 0.4) is 0 Å². The fourth-order valence-corrected chi connectivity index (χ4v) is 1.68. The second-order valence-electron chi connectivity index (χ2n) is 2.95. The van der Waals surface area contributed by atoms with E-state index in [0.29, 0.717) is 0 Å². The molecule has 0 saturated heterocycles. The molecule has 1 aromatic rings.